The standard InChI is InChI=1S/C26H18Cl3F3N2O3/c1-15(35)14-34(24(36)16-5-3-2-4-6-16)23-9-17(7-8-21(23)29)22-13-25(37-33-22,26(30,31)32)18-10-19(27)12-20(28)11-18/h2-12H,13-14H2,1H3. The highest BCUT2D eigenvalue weighted by Crippen LogP contribution is 2.50. The third-order valence-corrected chi connectivity index (χ3v) is 6.49. The van der Waals surface area contributed by atoms with Crippen molar-refractivity contribution in [2.45, 2.75) is 25.1 Å². The van der Waals surface area contributed by atoms with Gasteiger partial charge in [0.25, 0.3) is 11.5 Å². The van der Waals surface area contributed by atoms with Crippen LogP contribution in [0.3, 0.4) is 0 Å². The summed E-state index contributed by atoms with van der Waals surface area (Å²) in [6, 6.07) is 16.1. The van der Waals surface area contributed by atoms with Gasteiger partial charge >= 0.3 is 6.18 Å². The molecule has 1 aliphatic rings. The maximum Gasteiger partial charge on any atom is 0.435 e. The number of carbonyl (C=O) groups excluding carboxylic acids is 2. The molecule has 0 N–H and O–H groups in total. The van der Waals surface area contributed by atoms with Gasteiger partial charge in [0.15, 0.2) is 0 Å². The summed E-state index contributed by atoms with van der Waals surface area (Å²) in [7, 11) is 0. The monoisotopic (exact) mass is 568 g/mol. The van der Waals surface area contributed by atoms with Crippen molar-refractivity contribution in [1.29, 1.82) is 0 Å². The molecule has 1 aliphatic heterocycles. The molecule has 0 radical (unpaired) electrons. The fourth-order valence-corrected chi connectivity index (χ4v) is 4.72. The molecule has 1 amide bonds. The Bertz CT molecular complexity index is 1380. The number of amides is 1. The molecule has 0 saturated heterocycles. The molecule has 0 saturated carbocycles. The molecule has 4 rings (SSSR count). The predicted octanol–water partition coefficient (Wildman–Crippen LogP) is 7.46. The molecule has 0 bridgehead atoms. The Morgan fingerprint density at radius 1 is 1.00 bits per heavy atom. The molecule has 37 heavy (non-hydrogen) atoms. The molecule has 5 nitrogen and oxygen atoms in total. The third-order valence-electron chi connectivity index (χ3n) is 5.73. The first-order valence-electron chi connectivity index (χ1n) is 10.9. The van der Waals surface area contributed by atoms with Gasteiger partial charge in [-0.2, -0.15) is 13.2 Å². The van der Waals surface area contributed by atoms with Crippen molar-refractivity contribution in [3.05, 3.63) is 98.5 Å². The molecule has 11 heteroatoms. The second-order valence-corrected chi connectivity index (χ2v) is 9.69. The largest absolute Gasteiger partial charge is 0.435 e. The van der Waals surface area contributed by atoms with Crippen LogP contribution >= 0.6 is 34.8 Å². The number of ketones is 1. The molecule has 0 fully saturated rings. The van der Waals surface area contributed by atoms with Crippen LogP contribution in [0, 0.1) is 0 Å². The number of carbonyl (C=O) groups is 2. The predicted molar refractivity (Wildman–Crippen MR) is 137 cm³/mol. The zero-order valence-corrected chi connectivity index (χ0v) is 21.4. The summed E-state index contributed by atoms with van der Waals surface area (Å²) >= 11 is 18.3. The van der Waals surface area contributed by atoms with Gasteiger partial charge in [-0.15, -0.1) is 0 Å². The van der Waals surface area contributed by atoms with Crippen molar-refractivity contribution in [3.63, 3.8) is 0 Å². The summed E-state index contributed by atoms with van der Waals surface area (Å²) in [5.41, 5.74) is -2.49. The minimum Gasteiger partial charge on any atom is -0.374 e. The van der Waals surface area contributed by atoms with E-state index in [0.29, 0.717) is 5.56 Å². The number of hydrogen-bond donors (Lipinski definition) is 0. The first-order chi connectivity index (χ1) is 17.4. The number of halogens is 6. The number of hydrogen-bond acceptors (Lipinski definition) is 4. The average molecular weight is 570 g/mol. The Morgan fingerprint density at radius 2 is 1.65 bits per heavy atom. The highest BCUT2D eigenvalue weighted by molar-refractivity contribution is 6.35. The lowest BCUT2D eigenvalue weighted by Gasteiger charge is -2.29. The van der Waals surface area contributed by atoms with Crippen LogP contribution in [0.25, 0.3) is 0 Å². The second kappa shape index (κ2) is 10.4. The van der Waals surface area contributed by atoms with Gasteiger partial charge in [-0.1, -0.05) is 64.2 Å². The van der Waals surface area contributed by atoms with Crippen LogP contribution in [-0.4, -0.2) is 30.1 Å². The highest BCUT2D eigenvalue weighted by Gasteiger charge is 2.62. The van der Waals surface area contributed by atoms with E-state index in [4.69, 9.17) is 39.6 Å². The number of Topliss-reactive ketones (excluding diaryl/α,β-unsaturated/α-hetero) is 1. The van der Waals surface area contributed by atoms with Gasteiger partial charge in [0.2, 0.25) is 0 Å². The van der Waals surface area contributed by atoms with Crippen LogP contribution in [0.4, 0.5) is 18.9 Å². The zero-order chi connectivity index (χ0) is 27.0. The number of rotatable bonds is 6. The maximum atomic E-state index is 14.4. The van der Waals surface area contributed by atoms with Gasteiger partial charge in [0, 0.05) is 33.2 Å². The van der Waals surface area contributed by atoms with Gasteiger partial charge in [-0.3, -0.25) is 14.5 Å². The lowest BCUT2D eigenvalue weighted by molar-refractivity contribution is -0.275. The Morgan fingerprint density at radius 3 is 2.24 bits per heavy atom. The van der Waals surface area contributed by atoms with Crippen LogP contribution in [0.1, 0.15) is 34.8 Å². The van der Waals surface area contributed by atoms with Crippen LogP contribution in [0.5, 0.6) is 0 Å². The minimum atomic E-state index is -4.87. The third kappa shape index (κ3) is 5.46. The lowest BCUT2D eigenvalue weighted by Crippen LogP contribution is -2.42. The van der Waals surface area contributed by atoms with E-state index in [2.05, 4.69) is 5.16 Å². The van der Waals surface area contributed by atoms with Crippen LogP contribution in [0.15, 0.2) is 71.9 Å². The highest BCUT2D eigenvalue weighted by atomic mass is 35.5. The van der Waals surface area contributed by atoms with E-state index in [0.717, 1.165) is 12.1 Å². The second-order valence-electron chi connectivity index (χ2n) is 8.41. The first kappa shape index (κ1) is 27.0. The Labute approximate surface area is 225 Å². The SMILES string of the molecule is CC(=O)CN(C(=O)c1ccccc1)c1cc(C2=NOC(c3cc(Cl)cc(Cl)c3)(C(F)(F)F)C2)ccc1Cl. The van der Waals surface area contributed by atoms with E-state index in [9.17, 15) is 22.8 Å². The minimum absolute atomic E-state index is 0.0104. The molecule has 0 aliphatic carbocycles. The maximum absolute atomic E-state index is 14.4. The van der Waals surface area contributed by atoms with Crippen LogP contribution in [-0.2, 0) is 15.2 Å². The van der Waals surface area contributed by atoms with E-state index in [1.54, 1.807) is 30.3 Å². The fourth-order valence-electron chi connectivity index (χ4n) is 3.97. The van der Waals surface area contributed by atoms with E-state index >= 15 is 0 Å². The van der Waals surface area contributed by atoms with Crippen LogP contribution in [0.2, 0.25) is 15.1 Å². The fraction of sp³-hybridized carbons (Fsp3) is 0.192. The van der Waals surface area contributed by atoms with Gasteiger partial charge in [0.1, 0.15) is 5.78 Å². The van der Waals surface area contributed by atoms with Crippen molar-refractivity contribution in [2.24, 2.45) is 5.16 Å². The van der Waals surface area contributed by atoms with Crippen molar-refractivity contribution in [3.8, 4) is 0 Å². The summed E-state index contributed by atoms with van der Waals surface area (Å²) in [4.78, 5) is 31.5. The topological polar surface area (TPSA) is 59.0 Å². The molecule has 3 aromatic carbocycles. The number of nitrogens with zero attached hydrogens (tertiary/aromatic N) is 2. The van der Waals surface area contributed by atoms with Crippen LogP contribution < -0.4 is 4.90 Å². The molecule has 1 atom stereocenters. The summed E-state index contributed by atoms with van der Waals surface area (Å²) in [5.74, 6) is -0.820. The summed E-state index contributed by atoms with van der Waals surface area (Å²) in [6.07, 6.45) is -5.56. The molecule has 1 heterocycles. The van der Waals surface area contributed by atoms with Crippen molar-refractivity contribution >= 4 is 57.9 Å². The van der Waals surface area contributed by atoms with Gasteiger partial charge in [-0.05, 0) is 49.4 Å². The lowest BCUT2D eigenvalue weighted by atomic mass is 9.86. The quantitative estimate of drug-likeness (QED) is 0.310. The van der Waals surface area contributed by atoms with Gasteiger partial charge < -0.3 is 4.84 Å². The molecule has 0 aromatic heterocycles. The summed E-state index contributed by atoms with van der Waals surface area (Å²) in [5, 5.41) is 3.90. The molecular formula is C26H18Cl3F3N2O3. The molecule has 3 aromatic rings. The average Bonchev–Trinajstić information content (AvgIpc) is 3.30. The van der Waals surface area contributed by atoms with E-state index in [1.165, 1.54) is 36.1 Å². The number of oxime groups is 1. The van der Waals surface area contributed by atoms with Crippen molar-refractivity contribution in [1.82, 2.24) is 0 Å². The van der Waals surface area contributed by atoms with Gasteiger partial charge in [0.05, 0.1) is 23.0 Å². The van der Waals surface area contributed by atoms with E-state index < -0.39 is 24.1 Å². The van der Waals surface area contributed by atoms with E-state index in [1.807, 2.05) is 0 Å². The molecule has 1 unspecified atom stereocenters. The normalized spacial score (nSPS) is 17.2. The smallest absolute Gasteiger partial charge is 0.374 e. The first-order valence-corrected chi connectivity index (χ1v) is 12.0. The van der Waals surface area contributed by atoms with Crippen molar-refractivity contribution in [2.75, 3.05) is 11.4 Å². The molecule has 192 valence electrons. The Hall–Kier alpha value is -3.07. The van der Waals surface area contributed by atoms with E-state index in [-0.39, 0.29) is 49.9 Å². The van der Waals surface area contributed by atoms with Crippen molar-refractivity contribution < 1.29 is 27.6 Å². The number of alkyl halides is 3. The number of anilines is 1. The Balaban J connectivity index is 1.74. The molecule has 0 spiro atoms. The molecular weight excluding hydrogens is 552 g/mol. The van der Waals surface area contributed by atoms with Gasteiger partial charge in [-0.25, -0.2) is 0 Å². The number of benzene rings is 3. The Kier molecular flexibility index (Phi) is 7.55. The summed E-state index contributed by atoms with van der Waals surface area (Å²) < 4.78 is 43.1. The zero-order valence-electron chi connectivity index (χ0n) is 19.2. The summed E-state index contributed by atoms with van der Waals surface area (Å²) in [6.45, 7) is 1.01.